The molecule has 0 saturated carbocycles. The van der Waals surface area contributed by atoms with E-state index in [1.165, 1.54) is 5.56 Å². The van der Waals surface area contributed by atoms with Gasteiger partial charge in [-0.25, -0.2) is 0 Å². The Kier molecular flexibility index (Phi) is 5.63. The van der Waals surface area contributed by atoms with E-state index in [1.807, 2.05) is 30.9 Å². The van der Waals surface area contributed by atoms with Crippen LogP contribution in [0.4, 0.5) is 0 Å². The third-order valence-corrected chi connectivity index (χ3v) is 7.04. The average molecular weight is 439 g/mol. The molecule has 4 heterocycles. The summed E-state index contributed by atoms with van der Waals surface area (Å²) in [4.78, 5) is 32.0. The van der Waals surface area contributed by atoms with Gasteiger partial charge in [-0.2, -0.15) is 0 Å². The number of aromatic nitrogens is 1. The molecular formula is C24H30N4O4. The zero-order chi connectivity index (χ0) is 22.2. The molecule has 0 spiro atoms. The summed E-state index contributed by atoms with van der Waals surface area (Å²) in [6.45, 7) is 8.68. The first-order valence-electron chi connectivity index (χ1n) is 11.5. The highest BCUT2D eigenvalue weighted by atomic mass is 16.5. The molecule has 170 valence electrons. The number of likely N-dealkylation sites (tertiary alicyclic amines) is 1. The summed E-state index contributed by atoms with van der Waals surface area (Å²) >= 11 is 0. The van der Waals surface area contributed by atoms with Gasteiger partial charge in [0, 0.05) is 56.3 Å². The Bertz CT molecular complexity index is 1010. The number of aryl methyl sites for hydroxylation is 2. The molecule has 0 N–H and O–H groups in total. The van der Waals surface area contributed by atoms with Gasteiger partial charge in [0.15, 0.2) is 0 Å². The third kappa shape index (κ3) is 3.99. The maximum Gasteiger partial charge on any atom is 0.254 e. The van der Waals surface area contributed by atoms with Gasteiger partial charge in [0.25, 0.3) is 5.91 Å². The molecule has 1 aromatic heterocycles. The molecule has 5 rings (SSSR count). The van der Waals surface area contributed by atoms with Crippen LogP contribution in [0.3, 0.4) is 0 Å². The minimum Gasteiger partial charge on any atom is -0.493 e. The van der Waals surface area contributed by atoms with Crippen molar-refractivity contribution in [2.75, 3.05) is 39.3 Å². The normalized spacial score (nSPS) is 19.9. The molecule has 0 bridgehead atoms. The fourth-order valence-corrected chi connectivity index (χ4v) is 5.09. The Labute approximate surface area is 188 Å². The fourth-order valence-electron chi connectivity index (χ4n) is 5.09. The highest BCUT2D eigenvalue weighted by Crippen LogP contribution is 2.27. The van der Waals surface area contributed by atoms with Crippen LogP contribution in [-0.4, -0.2) is 77.0 Å². The molecule has 32 heavy (non-hydrogen) atoms. The molecule has 0 radical (unpaired) electrons. The van der Waals surface area contributed by atoms with E-state index >= 15 is 0 Å². The Balaban J connectivity index is 1.15. The van der Waals surface area contributed by atoms with Crippen LogP contribution in [0.15, 0.2) is 22.7 Å². The highest BCUT2D eigenvalue weighted by molar-refractivity contribution is 5.97. The number of nitrogens with zero attached hydrogens (tertiary/aromatic N) is 4. The van der Waals surface area contributed by atoms with Crippen LogP contribution in [0.1, 0.15) is 45.8 Å². The molecule has 0 aliphatic carbocycles. The Morgan fingerprint density at radius 2 is 1.97 bits per heavy atom. The van der Waals surface area contributed by atoms with E-state index in [0.29, 0.717) is 25.3 Å². The maximum atomic E-state index is 13.0. The topological polar surface area (TPSA) is 79.1 Å². The minimum absolute atomic E-state index is 0.0540. The number of rotatable bonds is 4. The second-order valence-electron chi connectivity index (χ2n) is 9.04. The lowest BCUT2D eigenvalue weighted by Gasteiger charge is -2.42. The van der Waals surface area contributed by atoms with E-state index in [0.717, 1.165) is 61.7 Å². The van der Waals surface area contributed by atoms with E-state index in [-0.39, 0.29) is 24.4 Å². The molecular weight excluding hydrogens is 408 g/mol. The predicted molar refractivity (Wildman–Crippen MR) is 118 cm³/mol. The number of hydrogen-bond donors (Lipinski definition) is 0. The van der Waals surface area contributed by atoms with Crippen molar-refractivity contribution in [3.05, 3.63) is 46.3 Å². The first kappa shape index (κ1) is 21.0. The molecule has 2 aromatic rings. The van der Waals surface area contributed by atoms with Crippen LogP contribution in [-0.2, 0) is 17.8 Å². The summed E-state index contributed by atoms with van der Waals surface area (Å²) in [6.07, 6.45) is 2.74. The van der Waals surface area contributed by atoms with Crippen LogP contribution in [0.25, 0.3) is 0 Å². The van der Waals surface area contributed by atoms with Crippen molar-refractivity contribution in [2.45, 2.75) is 45.7 Å². The maximum absolute atomic E-state index is 13.0. The minimum atomic E-state index is -0.0676. The number of amides is 2. The number of carbonyl (C=O) groups is 2. The van der Waals surface area contributed by atoms with Crippen molar-refractivity contribution < 1.29 is 18.8 Å². The summed E-state index contributed by atoms with van der Waals surface area (Å²) in [6, 6.07) is 5.83. The van der Waals surface area contributed by atoms with E-state index in [9.17, 15) is 9.59 Å². The fraction of sp³-hybridized carbons (Fsp3) is 0.542. The van der Waals surface area contributed by atoms with Crippen molar-refractivity contribution in [1.29, 1.82) is 0 Å². The first-order chi connectivity index (χ1) is 15.5. The number of piperazine rings is 1. The molecule has 2 fully saturated rings. The van der Waals surface area contributed by atoms with Crippen LogP contribution < -0.4 is 4.74 Å². The van der Waals surface area contributed by atoms with E-state index < -0.39 is 0 Å². The van der Waals surface area contributed by atoms with Crippen molar-refractivity contribution in [3.8, 4) is 5.75 Å². The van der Waals surface area contributed by atoms with E-state index in [4.69, 9.17) is 9.26 Å². The Hall–Kier alpha value is -2.87. The van der Waals surface area contributed by atoms with Crippen molar-refractivity contribution in [2.24, 2.45) is 0 Å². The van der Waals surface area contributed by atoms with Crippen molar-refractivity contribution in [1.82, 2.24) is 19.9 Å². The van der Waals surface area contributed by atoms with Crippen LogP contribution in [0.2, 0.25) is 0 Å². The van der Waals surface area contributed by atoms with Gasteiger partial charge in [0.1, 0.15) is 18.1 Å². The molecule has 2 saturated heterocycles. The van der Waals surface area contributed by atoms with Crippen molar-refractivity contribution >= 4 is 11.8 Å². The number of benzene rings is 1. The molecule has 0 atom stereocenters. The van der Waals surface area contributed by atoms with Gasteiger partial charge in [-0.3, -0.25) is 14.5 Å². The van der Waals surface area contributed by atoms with Crippen LogP contribution in [0.5, 0.6) is 5.75 Å². The van der Waals surface area contributed by atoms with E-state index in [2.05, 4.69) is 10.1 Å². The van der Waals surface area contributed by atoms with Gasteiger partial charge in [0.05, 0.1) is 12.3 Å². The standard InChI is InChI=1S/C24H30N4O4/c1-16-21(17(2)32-25-16)14-26-8-5-20(6-9-26)28-11-10-27(15-23(28)29)24(30)19-3-4-22-18(13-19)7-12-31-22/h3-4,13,20H,5-12,14-15H2,1-2H3. The van der Waals surface area contributed by atoms with Gasteiger partial charge < -0.3 is 19.1 Å². The lowest BCUT2D eigenvalue weighted by Crippen LogP contribution is -2.57. The Morgan fingerprint density at radius 1 is 1.16 bits per heavy atom. The SMILES string of the molecule is Cc1noc(C)c1CN1CCC(N2CCN(C(=O)c3ccc4c(c3)CCO4)CC2=O)CC1. The first-order valence-corrected chi connectivity index (χ1v) is 11.5. The molecule has 8 heteroatoms. The quantitative estimate of drug-likeness (QED) is 0.728. The van der Waals surface area contributed by atoms with Gasteiger partial charge >= 0.3 is 0 Å². The smallest absolute Gasteiger partial charge is 0.254 e. The summed E-state index contributed by atoms with van der Waals surface area (Å²) in [5, 5.41) is 4.05. The molecule has 0 unspecified atom stereocenters. The van der Waals surface area contributed by atoms with Gasteiger partial charge in [-0.05, 0) is 50.5 Å². The van der Waals surface area contributed by atoms with E-state index in [1.54, 1.807) is 11.0 Å². The molecule has 8 nitrogen and oxygen atoms in total. The second-order valence-corrected chi connectivity index (χ2v) is 9.04. The van der Waals surface area contributed by atoms with Gasteiger partial charge in [-0.15, -0.1) is 0 Å². The molecule has 3 aliphatic rings. The second kappa shape index (κ2) is 8.58. The third-order valence-electron chi connectivity index (χ3n) is 7.04. The monoisotopic (exact) mass is 438 g/mol. The van der Waals surface area contributed by atoms with Crippen LogP contribution in [0, 0.1) is 13.8 Å². The highest BCUT2D eigenvalue weighted by Gasteiger charge is 2.34. The zero-order valence-electron chi connectivity index (χ0n) is 18.8. The number of fused-ring (bicyclic) bond motifs is 1. The van der Waals surface area contributed by atoms with Crippen molar-refractivity contribution in [3.63, 3.8) is 0 Å². The molecule has 3 aliphatic heterocycles. The number of piperidine rings is 1. The lowest BCUT2D eigenvalue weighted by atomic mass is 10.0. The average Bonchev–Trinajstić information content (AvgIpc) is 3.40. The summed E-state index contributed by atoms with van der Waals surface area (Å²) in [5.41, 5.74) is 3.84. The summed E-state index contributed by atoms with van der Waals surface area (Å²) in [7, 11) is 0. The predicted octanol–water partition coefficient (Wildman–Crippen LogP) is 2.18. The van der Waals surface area contributed by atoms with Crippen LogP contribution >= 0.6 is 0 Å². The molecule has 1 aromatic carbocycles. The van der Waals surface area contributed by atoms with Gasteiger partial charge in [-0.1, -0.05) is 5.16 Å². The number of carbonyl (C=O) groups excluding carboxylic acids is 2. The summed E-state index contributed by atoms with van der Waals surface area (Å²) in [5.74, 6) is 1.74. The van der Waals surface area contributed by atoms with Gasteiger partial charge in [0.2, 0.25) is 5.91 Å². The lowest BCUT2D eigenvalue weighted by molar-refractivity contribution is -0.138. The summed E-state index contributed by atoms with van der Waals surface area (Å²) < 4.78 is 10.8. The zero-order valence-corrected chi connectivity index (χ0v) is 18.8. The molecule has 2 amide bonds. The number of hydrogen-bond acceptors (Lipinski definition) is 6. The Morgan fingerprint density at radius 3 is 2.69 bits per heavy atom. The largest absolute Gasteiger partial charge is 0.493 e. The number of ether oxygens (including phenoxy) is 1.